The maximum Gasteiger partial charge on any atom is 0.227 e. The summed E-state index contributed by atoms with van der Waals surface area (Å²) in [5.41, 5.74) is 4.00. The fourth-order valence-corrected chi connectivity index (χ4v) is 3.26. The lowest BCUT2D eigenvalue weighted by molar-refractivity contribution is -0.120. The highest BCUT2D eigenvalue weighted by molar-refractivity contribution is 7.14. The predicted octanol–water partition coefficient (Wildman–Crippen LogP) is 3.81. The van der Waals surface area contributed by atoms with Crippen LogP contribution < -0.4 is 10.6 Å². The molecule has 3 aromatic rings. The number of rotatable bonds is 7. The third-order valence-corrected chi connectivity index (χ3v) is 4.74. The quantitative estimate of drug-likeness (QED) is 0.656. The highest BCUT2D eigenvalue weighted by Crippen LogP contribution is 2.25. The van der Waals surface area contributed by atoms with E-state index in [2.05, 4.69) is 15.6 Å². The minimum atomic E-state index is -0.167. The summed E-state index contributed by atoms with van der Waals surface area (Å²) in [5.74, 6) is -0.260. The van der Waals surface area contributed by atoms with Crippen molar-refractivity contribution in [3.05, 3.63) is 71.1 Å². The number of carbonyl (C=O) groups excluding carboxylic acids is 2. The van der Waals surface area contributed by atoms with Crippen molar-refractivity contribution in [3.8, 4) is 11.3 Å². The Labute approximate surface area is 162 Å². The number of nitrogens with zero attached hydrogens (tertiary/aromatic N) is 1. The van der Waals surface area contributed by atoms with Gasteiger partial charge in [0.1, 0.15) is 0 Å². The first-order valence-corrected chi connectivity index (χ1v) is 9.61. The molecular weight excluding hydrogens is 358 g/mol. The SMILES string of the molecule is Cc1ccc(-c2csc(NC(=O)CCNC(=O)Cc3ccccc3)n2)cc1. The van der Waals surface area contributed by atoms with Gasteiger partial charge in [-0.3, -0.25) is 9.59 Å². The fraction of sp³-hybridized carbons (Fsp3) is 0.190. The first-order chi connectivity index (χ1) is 13.1. The molecular formula is C21H21N3O2S. The van der Waals surface area contributed by atoms with E-state index in [1.165, 1.54) is 16.9 Å². The van der Waals surface area contributed by atoms with Gasteiger partial charge in [-0.2, -0.15) is 0 Å². The number of benzene rings is 2. The second kappa shape index (κ2) is 9.09. The van der Waals surface area contributed by atoms with Gasteiger partial charge >= 0.3 is 0 Å². The minimum absolute atomic E-state index is 0.0927. The Balaban J connectivity index is 1.43. The van der Waals surface area contributed by atoms with Crippen LogP contribution in [-0.4, -0.2) is 23.3 Å². The van der Waals surface area contributed by atoms with Crippen molar-refractivity contribution in [2.75, 3.05) is 11.9 Å². The van der Waals surface area contributed by atoms with Crippen LogP contribution in [0.15, 0.2) is 60.0 Å². The van der Waals surface area contributed by atoms with Crippen LogP contribution in [0.25, 0.3) is 11.3 Å². The van der Waals surface area contributed by atoms with Crippen molar-refractivity contribution in [1.29, 1.82) is 0 Å². The van der Waals surface area contributed by atoms with Gasteiger partial charge in [0.05, 0.1) is 12.1 Å². The molecule has 0 radical (unpaired) electrons. The first-order valence-electron chi connectivity index (χ1n) is 8.73. The lowest BCUT2D eigenvalue weighted by atomic mass is 10.1. The number of carbonyl (C=O) groups is 2. The van der Waals surface area contributed by atoms with Crippen LogP contribution >= 0.6 is 11.3 Å². The Bertz CT molecular complexity index is 905. The molecule has 1 aromatic heterocycles. The Kier molecular flexibility index (Phi) is 6.33. The minimum Gasteiger partial charge on any atom is -0.355 e. The Morgan fingerprint density at radius 2 is 1.74 bits per heavy atom. The van der Waals surface area contributed by atoms with E-state index in [9.17, 15) is 9.59 Å². The summed E-state index contributed by atoms with van der Waals surface area (Å²) in [7, 11) is 0. The molecule has 0 spiro atoms. The van der Waals surface area contributed by atoms with E-state index in [1.54, 1.807) is 0 Å². The second-order valence-electron chi connectivity index (χ2n) is 6.21. The molecule has 5 nitrogen and oxygen atoms in total. The third kappa shape index (κ3) is 5.76. The van der Waals surface area contributed by atoms with Crippen LogP contribution in [0.3, 0.4) is 0 Å². The molecule has 1 heterocycles. The van der Waals surface area contributed by atoms with Crippen LogP contribution in [0.4, 0.5) is 5.13 Å². The number of thiazole rings is 1. The number of hydrogen-bond donors (Lipinski definition) is 2. The van der Waals surface area contributed by atoms with Gasteiger partial charge in [-0.1, -0.05) is 60.2 Å². The van der Waals surface area contributed by atoms with Gasteiger partial charge in [0.2, 0.25) is 11.8 Å². The molecule has 0 saturated heterocycles. The van der Waals surface area contributed by atoms with Gasteiger partial charge in [0, 0.05) is 23.9 Å². The van der Waals surface area contributed by atoms with Crippen molar-refractivity contribution in [2.45, 2.75) is 19.8 Å². The van der Waals surface area contributed by atoms with E-state index in [4.69, 9.17) is 0 Å². The Morgan fingerprint density at radius 1 is 1.00 bits per heavy atom. The second-order valence-corrected chi connectivity index (χ2v) is 7.07. The zero-order valence-electron chi connectivity index (χ0n) is 15.1. The molecule has 2 amide bonds. The molecule has 0 aliphatic rings. The van der Waals surface area contributed by atoms with Crippen LogP contribution in [0.2, 0.25) is 0 Å². The van der Waals surface area contributed by atoms with Gasteiger partial charge in [-0.15, -0.1) is 11.3 Å². The van der Waals surface area contributed by atoms with Crippen molar-refractivity contribution in [1.82, 2.24) is 10.3 Å². The molecule has 3 rings (SSSR count). The monoisotopic (exact) mass is 379 g/mol. The molecule has 0 aliphatic carbocycles. The van der Waals surface area contributed by atoms with Gasteiger partial charge in [-0.25, -0.2) is 4.98 Å². The Hall–Kier alpha value is -2.99. The Morgan fingerprint density at radius 3 is 2.48 bits per heavy atom. The number of aryl methyl sites for hydroxylation is 1. The van der Waals surface area contributed by atoms with Crippen LogP contribution in [0.5, 0.6) is 0 Å². The van der Waals surface area contributed by atoms with Crippen molar-refractivity contribution >= 4 is 28.3 Å². The van der Waals surface area contributed by atoms with Gasteiger partial charge in [0.25, 0.3) is 0 Å². The molecule has 6 heteroatoms. The average Bonchev–Trinajstić information content (AvgIpc) is 3.11. The molecule has 0 atom stereocenters. The van der Waals surface area contributed by atoms with E-state index < -0.39 is 0 Å². The lowest BCUT2D eigenvalue weighted by Crippen LogP contribution is -2.28. The third-order valence-electron chi connectivity index (χ3n) is 3.98. The number of anilines is 1. The number of nitrogens with one attached hydrogen (secondary N) is 2. The molecule has 0 saturated carbocycles. The van der Waals surface area contributed by atoms with Gasteiger partial charge in [-0.05, 0) is 12.5 Å². The van der Waals surface area contributed by atoms with E-state index in [1.807, 2.05) is 66.9 Å². The summed E-state index contributed by atoms with van der Waals surface area (Å²) in [4.78, 5) is 28.4. The van der Waals surface area contributed by atoms with E-state index in [0.29, 0.717) is 18.1 Å². The molecule has 0 unspecified atom stereocenters. The molecule has 138 valence electrons. The lowest BCUT2D eigenvalue weighted by Gasteiger charge is -2.05. The first kappa shape index (κ1) is 18.8. The van der Waals surface area contributed by atoms with E-state index in [0.717, 1.165) is 16.8 Å². The molecule has 0 aliphatic heterocycles. The fourth-order valence-electron chi connectivity index (χ4n) is 2.53. The molecule has 2 aromatic carbocycles. The summed E-state index contributed by atoms with van der Waals surface area (Å²) >= 11 is 1.39. The largest absolute Gasteiger partial charge is 0.355 e. The van der Waals surface area contributed by atoms with Crippen LogP contribution in [0.1, 0.15) is 17.5 Å². The number of aromatic nitrogens is 1. The zero-order valence-corrected chi connectivity index (χ0v) is 15.9. The standard InChI is InChI=1S/C21H21N3O2S/c1-15-7-9-17(10-8-15)18-14-27-21(23-18)24-19(25)11-12-22-20(26)13-16-5-3-2-4-6-16/h2-10,14H,11-13H2,1H3,(H,22,26)(H,23,24,25). The average molecular weight is 379 g/mol. The maximum atomic E-state index is 12.0. The summed E-state index contributed by atoms with van der Waals surface area (Å²) in [6.45, 7) is 2.34. The smallest absolute Gasteiger partial charge is 0.227 e. The summed E-state index contributed by atoms with van der Waals surface area (Å²) < 4.78 is 0. The summed E-state index contributed by atoms with van der Waals surface area (Å²) in [5, 5.41) is 8.03. The van der Waals surface area contributed by atoms with Crippen molar-refractivity contribution < 1.29 is 9.59 Å². The zero-order chi connectivity index (χ0) is 19.1. The predicted molar refractivity (Wildman–Crippen MR) is 109 cm³/mol. The van der Waals surface area contributed by atoms with E-state index in [-0.39, 0.29) is 18.2 Å². The van der Waals surface area contributed by atoms with Crippen molar-refractivity contribution in [3.63, 3.8) is 0 Å². The maximum absolute atomic E-state index is 12.0. The highest BCUT2D eigenvalue weighted by atomic mass is 32.1. The molecule has 0 fully saturated rings. The number of amides is 2. The van der Waals surface area contributed by atoms with Crippen molar-refractivity contribution in [2.24, 2.45) is 0 Å². The molecule has 2 N–H and O–H groups in total. The summed E-state index contributed by atoms with van der Waals surface area (Å²) in [6, 6.07) is 17.6. The molecule has 0 bridgehead atoms. The topological polar surface area (TPSA) is 71.1 Å². The summed E-state index contributed by atoms with van der Waals surface area (Å²) in [6.07, 6.45) is 0.523. The molecule has 27 heavy (non-hydrogen) atoms. The number of hydrogen-bond acceptors (Lipinski definition) is 4. The van der Waals surface area contributed by atoms with Gasteiger partial charge in [0.15, 0.2) is 5.13 Å². The highest BCUT2D eigenvalue weighted by Gasteiger charge is 2.09. The van der Waals surface area contributed by atoms with Crippen LogP contribution in [0, 0.1) is 6.92 Å². The van der Waals surface area contributed by atoms with Gasteiger partial charge < -0.3 is 10.6 Å². The van der Waals surface area contributed by atoms with E-state index >= 15 is 0 Å². The van der Waals surface area contributed by atoms with Crippen LogP contribution in [-0.2, 0) is 16.0 Å². The normalized spacial score (nSPS) is 10.4.